The summed E-state index contributed by atoms with van der Waals surface area (Å²) >= 11 is 0. The van der Waals surface area contributed by atoms with Crippen molar-refractivity contribution in [2.45, 2.75) is 32.8 Å². The van der Waals surface area contributed by atoms with Gasteiger partial charge in [-0.1, -0.05) is 12.2 Å². The second kappa shape index (κ2) is 4.12. The Hall–Kier alpha value is -1.85. The molecular formula is C16H20N2O4. The van der Waals surface area contributed by atoms with E-state index in [0.29, 0.717) is 11.8 Å². The summed E-state index contributed by atoms with van der Waals surface area (Å²) in [4.78, 5) is 37.1. The number of carbonyl (C=O) groups excluding carboxylic acids is 3. The predicted octanol–water partition coefficient (Wildman–Crippen LogP) is 1.48. The number of imide groups is 1. The van der Waals surface area contributed by atoms with Gasteiger partial charge in [-0.3, -0.25) is 9.59 Å². The zero-order chi connectivity index (χ0) is 15.8. The van der Waals surface area contributed by atoms with Crippen LogP contribution in [-0.2, 0) is 14.3 Å². The summed E-state index contributed by atoms with van der Waals surface area (Å²) in [5.41, 5.74) is 1.66. The Morgan fingerprint density at radius 3 is 2.09 bits per heavy atom. The van der Waals surface area contributed by atoms with Crippen LogP contribution >= 0.6 is 0 Å². The van der Waals surface area contributed by atoms with E-state index in [9.17, 15) is 14.4 Å². The number of amides is 3. The molecule has 0 aromatic carbocycles. The zero-order valence-electron chi connectivity index (χ0n) is 12.9. The third kappa shape index (κ3) is 1.82. The van der Waals surface area contributed by atoms with E-state index < -0.39 is 11.7 Å². The van der Waals surface area contributed by atoms with Gasteiger partial charge in [0.15, 0.2) is 0 Å². The first kappa shape index (κ1) is 13.8. The number of hydrogen-bond donors (Lipinski definition) is 1. The van der Waals surface area contributed by atoms with Crippen LogP contribution < -0.4 is 5.43 Å². The van der Waals surface area contributed by atoms with E-state index in [1.807, 2.05) is 0 Å². The molecule has 3 fully saturated rings. The first-order valence-electron chi connectivity index (χ1n) is 7.84. The van der Waals surface area contributed by atoms with Crippen molar-refractivity contribution in [3.63, 3.8) is 0 Å². The number of nitrogens with one attached hydrogen (secondary N) is 1. The maximum Gasteiger partial charge on any atom is 0.427 e. The lowest BCUT2D eigenvalue weighted by atomic mass is 9.63. The van der Waals surface area contributed by atoms with Gasteiger partial charge in [-0.05, 0) is 50.9 Å². The molecule has 6 heteroatoms. The van der Waals surface area contributed by atoms with Crippen LogP contribution in [-0.4, -0.2) is 28.5 Å². The molecule has 5 rings (SSSR count). The highest BCUT2D eigenvalue weighted by molar-refractivity contribution is 6.06. The van der Waals surface area contributed by atoms with Gasteiger partial charge in [0.2, 0.25) is 0 Å². The topological polar surface area (TPSA) is 75.7 Å². The Morgan fingerprint density at radius 2 is 1.64 bits per heavy atom. The average molecular weight is 304 g/mol. The highest BCUT2D eigenvalue weighted by Gasteiger charge is 2.67. The molecule has 5 aliphatic rings. The standard InChI is InChI=1S/C16H20N2O4/c1-16(2,3)22-15(21)17-18-13(19)11-7-4-5-8(10-6-9(7)10)12(11)14(18)20/h4-5,7-12H,6H2,1-3H3,(H,17,21)/t7?,8?,9-,10-,11-,12+/m0/s1. The fourth-order valence-corrected chi connectivity index (χ4v) is 4.46. The normalized spacial score (nSPS) is 41.3. The van der Waals surface area contributed by atoms with Crippen LogP contribution in [0.3, 0.4) is 0 Å². The third-order valence-corrected chi connectivity index (χ3v) is 5.26. The molecule has 0 spiro atoms. The Kier molecular flexibility index (Phi) is 2.58. The summed E-state index contributed by atoms with van der Waals surface area (Å²) in [5, 5.41) is 0.890. The van der Waals surface area contributed by atoms with Crippen LogP contribution in [0.2, 0.25) is 0 Å². The van der Waals surface area contributed by atoms with Crippen molar-refractivity contribution < 1.29 is 19.1 Å². The van der Waals surface area contributed by atoms with Gasteiger partial charge in [-0.25, -0.2) is 10.2 Å². The second-order valence-electron chi connectivity index (χ2n) is 7.78. The summed E-state index contributed by atoms with van der Waals surface area (Å²) < 4.78 is 5.14. The first-order valence-corrected chi connectivity index (χ1v) is 7.84. The maximum absolute atomic E-state index is 12.6. The molecule has 3 amide bonds. The molecule has 6 atom stereocenters. The molecule has 0 aromatic rings. The summed E-state index contributed by atoms with van der Waals surface area (Å²) in [6, 6.07) is 0. The number of hydrogen-bond acceptors (Lipinski definition) is 4. The molecule has 22 heavy (non-hydrogen) atoms. The molecule has 0 aromatic heterocycles. The molecule has 1 N–H and O–H groups in total. The van der Waals surface area contributed by atoms with E-state index in [1.165, 1.54) is 0 Å². The third-order valence-electron chi connectivity index (χ3n) is 5.26. The van der Waals surface area contributed by atoms with Crippen LogP contribution in [0.1, 0.15) is 27.2 Å². The smallest absolute Gasteiger partial charge is 0.427 e. The minimum absolute atomic E-state index is 0.155. The van der Waals surface area contributed by atoms with Crippen LogP contribution in [0.15, 0.2) is 12.2 Å². The van der Waals surface area contributed by atoms with Crippen LogP contribution in [0.25, 0.3) is 0 Å². The van der Waals surface area contributed by atoms with E-state index >= 15 is 0 Å². The Morgan fingerprint density at radius 1 is 1.14 bits per heavy atom. The lowest BCUT2D eigenvalue weighted by Gasteiger charge is -2.37. The number of rotatable bonds is 1. The monoisotopic (exact) mass is 304 g/mol. The molecule has 118 valence electrons. The predicted molar refractivity (Wildman–Crippen MR) is 75.9 cm³/mol. The quantitative estimate of drug-likeness (QED) is 0.588. The Balaban J connectivity index is 1.54. The molecule has 2 bridgehead atoms. The number of allylic oxidation sites excluding steroid dienone is 2. The molecule has 2 unspecified atom stereocenters. The lowest BCUT2D eigenvalue weighted by molar-refractivity contribution is -0.143. The SMILES string of the molecule is CC(C)(C)OC(=O)NN1C(=O)[C@@H]2C3C=CC([C@@H]4C[C@@H]34)[C@@H]2C1=O. The number of ether oxygens (including phenoxy) is 1. The molecule has 4 aliphatic carbocycles. The van der Waals surface area contributed by atoms with Crippen LogP contribution in [0.4, 0.5) is 4.79 Å². The van der Waals surface area contributed by atoms with Crippen molar-refractivity contribution in [1.82, 2.24) is 10.4 Å². The van der Waals surface area contributed by atoms with E-state index in [-0.39, 0.29) is 35.5 Å². The van der Waals surface area contributed by atoms with E-state index in [1.54, 1.807) is 20.8 Å². The van der Waals surface area contributed by atoms with Crippen LogP contribution in [0.5, 0.6) is 0 Å². The summed E-state index contributed by atoms with van der Waals surface area (Å²) in [7, 11) is 0. The summed E-state index contributed by atoms with van der Waals surface area (Å²) in [5.74, 6) is 0.228. The van der Waals surface area contributed by atoms with Crippen molar-refractivity contribution in [1.29, 1.82) is 0 Å². The lowest BCUT2D eigenvalue weighted by Crippen LogP contribution is -2.48. The fraction of sp³-hybridized carbons (Fsp3) is 0.688. The van der Waals surface area contributed by atoms with E-state index in [4.69, 9.17) is 4.74 Å². The largest absolute Gasteiger partial charge is 0.443 e. The number of nitrogens with zero attached hydrogens (tertiary/aromatic N) is 1. The van der Waals surface area contributed by atoms with Gasteiger partial charge >= 0.3 is 6.09 Å². The van der Waals surface area contributed by atoms with E-state index in [2.05, 4.69) is 17.6 Å². The second-order valence-corrected chi connectivity index (χ2v) is 7.78. The minimum Gasteiger partial charge on any atom is -0.443 e. The number of hydrazine groups is 1. The van der Waals surface area contributed by atoms with Crippen LogP contribution in [0, 0.1) is 35.5 Å². The Labute approximate surface area is 128 Å². The van der Waals surface area contributed by atoms with Crippen molar-refractivity contribution in [3.8, 4) is 0 Å². The van der Waals surface area contributed by atoms with Gasteiger partial charge < -0.3 is 4.74 Å². The van der Waals surface area contributed by atoms with Crippen molar-refractivity contribution in [3.05, 3.63) is 12.2 Å². The van der Waals surface area contributed by atoms with Gasteiger partial charge in [0.05, 0.1) is 11.8 Å². The average Bonchev–Trinajstić information content (AvgIpc) is 3.18. The zero-order valence-corrected chi connectivity index (χ0v) is 12.9. The fourth-order valence-electron chi connectivity index (χ4n) is 4.46. The number of carbonyl (C=O) groups is 3. The highest BCUT2D eigenvalue weighted by Crippen LogP contribution is 2.65. The Bertz CT molecular complexity index is 570. The molecule has 6 nitrogen and oxygen atoms in total. The van der Waals surface area contributed by atoms with Gasteiger partial charge in [-0.2, -0.15) is 5.01 Å². The van der Waals surface area contributed by atoms with Crippen molar-refractivity contribution >= 4 is 17.9 Å². The minimum atomic E-state index is -0.765. The molecular weight excluding hydrogens is 284 g/mol. The van der Waals surface area contributed by atoms with Crippen molar-refractivity contribution in [2.24, 2.45) is 35.5 Å². The van der Waals surface area contributed by atoms with Gasteiger partial charge in [-0.15, -0.1) is 0 Å². The summed E-state index contributed by atoms with van der Waals surface area (Å²) in [6.07, 6.45) is 4.55. The first-order chi connectivity index (χ1) is 10.3. The highest BCUT2D eigenvalue weighted by atomic mass is 16.6. The van der Waals surface area contributed by atoms with Gasteiger partial charge in [0, 0.05) is 0 Å². The molecule has 1 heterocycles. The van der Waals surface area contributed by atoms with E-state index in [0.717, 1.165) is 11.4 Å². The van der Waals surface area contributed by atoms with Gasteiger partial charge in [0.25, 0.3) is 11.8 Å². The van der Waals surface area contributed by atoms with Crippen molar-refractivity contribution in [2.75, 3.05) is 0 Å². The maximum atomic E-state index is 12.6. The molecule has 0 radical (unpaired) electrons. The molecule has 1 aliphatic heterocycles. The molecule has 2 saturated carbocycles. The molecule has 1 saturated heterocycles. The summed E-state index contributed by atoms with van der Waals surface area (Å²) in [6.45, 7) is 5.20. The van der Waals surface area contributed by atoms with Gasteiger partial charge in [0.1, 0.15) is 5.60 Å².